The van der Waals surface area contributed by atoms with Crippen LogP contribution in [0.25, 0.3) is 0 Å². The molecule has 0 amide bonds. The summed E-state index contributed by atoms with van der Waals surface area (Å²) in [5.74, 6) is 0.990. The van der Waals surface area contributed by atoms with Crippen molar-refractivity contribution < 1.29 is 4.74 Å². The molecule has 2 heterocycles. The Bertz CT molecular complexity index is 448. The van der Waals surface area contributed by atoms with Crippen molar-refractivity contribution in [2.45, 2.75) is 59.4 Å². The molecule has 1 saturated heterocycles. The predicted octanol–water partition coefficient (Wildman–Crippen LogP) is 3.38. The third kappa shape index (κ3) is 2.81. The molecule has 0 bridgehead atoms. The molecule has 0 aromatic carbocycles. The molecule has 1 aliphatic heterocycles. The third-order valence-corrected chi connectivity index (χ3v) is 5.17. The summed E-state index contributed by atoms with van der Waals surface area (Å²) in [6.07, 6.45) is 2.47. The predicted molar refractivity (Wildman–Crippen MR) is 84.7 cm³/mol. The zero-order chi connectivity index (χ0) is 14.9. The quantitative estimate of drug-likeness (QED) is 0.890. The van der Waals surface area contributed by atoms with Crippen LogP contribution < -0.4 is 5.32 Å². The summed E-state index contributed by atoms with van der Waals surface area (Å²) in [4.78, 5) is 0. The summed E-state index contributed by atoms with van der Waals surface area (Å²) in [6, 6.07) is 0.270. The number of rotatable bonds is 5. The van der Waals surface area contributed by atoms with E-state index in [4.69, 9.17) is 4.74 Å². The van der Waals surface area contributed by atoms with E-state index in [1.54, 1.807) is 0 Å². The molecule has 114 valence electrons. The number of nitrogens with zero attached hydrogens (tertiary/aromatic N) is 2. The Kier molecular flexibility index (Phi) is 5.26. The van der Waals surface area contributed by atoms with Gasteiger partial charge in [0.1, 0.15) is 0 Å². The van der Waals surface area contributed by atoms with Gasteiger partial charge < -0.3 is 10.1 Å². The SMILES string of the molecule is CCNC(c1c(Br)cnn1CC)C1C(C)OC(C)C1C. The molecule has 1 aliphatic rings. The minimum Gasteiger partial charge on any atom is -0.375 e. The second-order valence-corrected chi connectivity index (χ2v) is 6.57. The second-order valence-electron chi connectivity index (χ2n) is 5.71. The number of aromatic nitrogens is 2. The highest BCUT2D eigenvalue weighted by molar-refractivity contribution is 9.10. The lowest BCUT2D eigenvalue weighted by molar-refractivity contribution is 0.0472. The fourth-order valence-electron chi connectivity index (χ4n) is 3.44. The maximum Gasteiger partial charge on any atom is 0.0699 e. The molecule has 1 fully saturated rings. The van der Waals surface area contributed by atoms with Crippen LogP contribution in [-0.4, -0.2) is 28.5 Å². The van der Waals surface area contributed by atoms with Crippen molar-refractivity contribution in [3.8, 4) is 0 Å². The number of ether oxygens (including phenoxy) is 1. The van der Waals surface area contributed by atoms with Gasteiger partial charge in [-0.05, 0) is 49.2 Å². The van der Waals surface area contributed by atoms with Crippen LogP contribution in [-0.2, 0) is 11.3 Å². The molecule has 1 N–H and O–H groups in total. The van der Waals surface area contributed by atoms with Crippen LogP contribution in [0.15, 0.2) is 10.7 Å². The Balaban J connectivity index is 2.38. The van der Waals surface area contributed by atoms with E-state index in [1.165, 1.54) is 5.69 Å². The molecular formula is C15H26BrN3O. The van der Waals surface area contributed by atoms with E-state index in [9.17, 15) is 0 Å². The molecule has 1 aromatic heterocycles. The van der Waals surface area contributed by atoms with Crippen LogP contribution in [0.3, 0.4) is 0 Å². The van der Waals surface area contributed by atoms with E-state index < -0.39 is 0 Å². The molecule has 2 rings (SSSR count). The molecular weight excluding hydrogens is 318 g/mol. The van der Waals surface area contributed by atoms with Gasteiger partial charge in [0.2, 0.25) is 0 Å². The Morgan fingerprint density at radius 3 is 2.55 bits per heavy atom. The molecule has 5 atom stereocenters. The molecule has 0 aliphatic carbocycles. The fraction of sp³-hybridized carbons (Fsp3) is 0.800. The highest BCUT2D eigenvalue weighted by Crippen LogP contribution is 2.42. The normalized spacial score (nSPS) is 31.7. The van der Waals surface area contributed by atoms with Crippen LogP contribution in [0.4, 0.5) is 0 Å². The molecule has 20 heavy (non-hydrogen) atoms. The third-order valence-electron chi connectivity index (χ3n) is 4.56. The van der Waals surface area contributed by atoms with Crippen LogP contribution in [0.2, 0.25) is 0 Å². The van der Waals surface area contributed by atoms with E-state index in [-0.39, 0.29) is 12.1 Å². The average Bonchev–Trinajstić information content (AvgIpc) is 2.89. The van der Waals surface area contributed by atoms with Crippen LogP contribution in [0.1, 0.15) is 46.4 Å². The molecule has 5 heteroatoms. The first-order valence-corrected chi connectivity index (χ1v) is 8.40. The maximum atomic E-state index is 6.04. The van der Waals surface area contributed by atoms with Gasteiger partial charge >= 0.3 is 0 Å². The van der Waals surface area contributed by atoms with Crippen molar-refractivity contribution in [1.29, 1.82) is 0 Å². The lowest BCUT2D eigenvalue weighted by Gasteiger charge is -2.30. The van der Waals surface area contributed by atoms with Gasteiger partial charge in [-0.25, -0.2) is 0 Å². The first-order chi connectivity index (χ1) is 9.51. The van der Waals surface area contributed by atoms with Gasteiger partial charge in [-0.2, -0.15) is 5.10 Å². The maximum absolute atomic E-state index is 6.04. The average molecular weight is 344 g/mol. The second kappa shape index (κ2) is 6.58. The highest BCUT2D eigenvalue weighted by atomic mass is 79.9. The van der Waals surface area contributed by atoms with Crippen molar-refractivity contribution in [2.24, 2.45) is 11.8 Å². The van der Waals surface area contributed by atoms with Crippen molar-refractivity contribution >= 4 is 15.9 Å². The van der Waals surface area contributed by atoms with Crippen molar-refractivity contribution in [3.05, 3.63) is 16.4 Å². The zero-order valence-electron chi connectivity index (χ0n) is 13.1. The Morgan fingerprint density at radius 1 is 1.35 bits per heavy atom. The standard InChI is InChI=1S/C15H26BrN3O/c1-6-17-14(13-9(3)10(4)20-11(13)5)15-12(16)8-18-19(15)7-2/h8-11,13-14,17H,6-7H2,1-5H3. The van der Waals surface area contributed by atoms with Crippen molar-refractivity contribution in [2.75, 3.05) is 6.54 Å². The first kappa shape index (κ1) is 16.0. The lowest BCUT2D eigenvalue weighted by Crippen LogP contribution is -2.36. The Labute approximate surface area is 130 Å². The van der Waals surface area contributed by atoms with Gasteiger partial charge in [-0.1, -0.05) is 13.8 Å². The van der Waals surface area contributed by atoms with E-state index in [0.717, 1.165) is 17.6 Å². The van der Waals surface area contributed by atoms with E-state index in [2.05, 4.69) is 65.6 Å². The van der Waals surface area contributed by atoms with E-state index >= 15 is 0 Å². The summed E-state index contributed by atoms with van der Waals surface area (Å²) in [5, 5.41) is 8.12. The largest absolute Gasteiger partial charge is 0.375 e. The highest BCUT2D eigenvalue weighted by Gasteiger charge is 2.43. The minimum absolute atomic E-state index is 0.260. The zero-order valence-corrected chi connectivity index (χ0v) is 14.6. The number of nitrogens with one attached hydrogen (secondary N) is 1. The number of halogens is 1. The monoisotopic (exact) mass is 343 g/mol. The molecule has 1 aromatic rings. The number of hydrogen-bond donors (Lipinski definition) is 1. The molecule has 0 spiro atoms. The van der Waals surface area contributed by atoms with Crippen LogP contribution >= 0.6 is 15.9 Å². The van der Waals surface area contributed by atoms with Crippen LogP contribution in [0, 0.1) is 11.8 Å². The van der Waals surface area contributed by atoms with Crippen LogP contribution in [0.5, 0.6) is 0 Å². The summed E-state index contributed by atoms with van der Waals surface area (Å²) in [7, 11) is 0. The van der Waals surface area contributed by atoms with Crippen molar-refractivity contribution in [1.82, 2.24) is 15.1 Å². The topological polar surface area (TPSA) is 39.1 Å². The molecule has 4 nitrogen and oxygen atoms in total. The minimum atomic E-state index is 0.260. The van der Waals surface area contributed by atoms with Crippen molar-refractivity contribution in [3.63, 3.8) is 0 Å². The van der Waals surface area contributed by atoms with Gasteiger partial charge in [0, 0.05) is 12.5 Å². The smallest absolute Gasteiger partial charge is 0.0699 e. The first-order valence-electron chi connectivity index (χ1n) is 7.61. The Morgan fingerprint density at radius 2 is 2.05 bits per heavy atom. The molecule has 0 radical (unpaired) electrons. The van der Waals surface area contributed by atoms with Gasteiger partial charge in [0.25, 0.3) is 0 Å². The van der Waals surface area contributed by atoms with Gasteiger partial charge in [0.15, 0.2) is 0 Å². The Hall–Kier alpha value is -0.390. The fourth-order valence-corrected chi connectivity index (χ4v) is 3.98. The van der Waals surface area contributed by atoms with E-state index in [0.29, 0.717) is 17.9 Å². The molecule has 5 unspecified atom stereocenters. The number of hydrogen-bond acceptors (Lipinski definition) is 3. The molecule has 0 saturated carbocycles. The summed E-state index contributed by atoms with van der Waals surface area (Å²) in [6.45, 7) is 12.8. The van der Waals surface area contributed by atoms with Gasteiger partial charge in [0.05, 0.1) is 34.6 Å². The summed E-state index contributed by atoms with van der Waals surface area (Å²) >= 11 is 3.67. The van der Waals surface area contributed by atoms with Gasteiger partial charge in [-0.15, -0.1) is 0 Å². The van der Waals surface area contributed by atoms with Gasteiger partial charge in [-0.3, -0.25) is 4.68 Å². The summed E-state index contributed by atoms with van der Waals surface area (Å²) in [5.41, 5.74) is 1.25. The lowest BCUT2D eigenvalue weighted by atomic mass is 9.82. The van der Waals surface area contributed by atoms with E-state index in [1.807, 2.05) is 6.20 Å². The number of aryl methyl sites for hydroxylation is 1. The summed E-state index contributed by atoms with van der Waals surface area (Å²) < 4.78 is 9.21.